The highest BCUT2D eigenvalue weighted by Gasteiger charge is 2.29. The van der Waals surface area contributed by atoms with Gasteiger partial charge in [0.1, 0.15) is 0 Å². The van der Waals surface area contributed by atoms with Gasteiger partial charge < -0.3 is 5.11 Å². The molecule has 0 amide bonds. The third-order valence-corrected chi connectivity index (χ3v) is 2.22. The van der Waals surface area contributed by atoms with Gasteiger partial charge >= 0.3 is 5.97 Å². The second-order valence-corrected chi connectivity index (χ2v) is 3.48. The number of rotatable bonds is 3. The monoisotopic (exact) mass is 254 g/mol. The molecule has 1 aromatic carbocycles. The molecule has 2 nitrogen and oxygen atoms in total. The molecule has 1 rings (SSSR count). The van der Waals surface area contributed by atoms with Crippen molar-refractivity contribution in [2.45, 2.75) is 19.3 Å². The number of hydrogen-bond acceptors (Lipinski definition) is 1. The van der Waals surface area contributed by atoms with E-state index in [0.29, 0.717) is 0 Å². The smallest absolute Gasteiger partial charge is 0.303 e. The van der Waals surface area contributed by atoms with E-state index in [2.05, 4.69) is 0 Å². The van der Waals surface area contributed by atoms with Crippen LogP contribution in [-0.2, 0) is 4.79 Å². The Morgan fingerprint density at radius 3 is 1.71 bits per heavy atom. The molecule has 0 fully saturated rings. The van der Waals surface area contributed by atoms with Crippen molar-refractivity contribution in [3.05, 3.63) is 34.6 Å². The van der Waals surface area contributed by atoms with E-state index in [4.69, 9.17) is 5.11 Å². The largest absolute Gasteiger partial charge is 0.481 e. The summed E-state index contributed by atoms with van der Waals surface area (Å²) < 4.78 is 64.6. The molecule has 1 atom stereocenters. The summed E-state index contributed by atoms with van der Waals surface area (Å²) in [6.07, 6.45) is -0.738. The Kier molecular flexibility index (Phi) is 3.69. The number of carbonyl (C=O) groups is 1. The Hall–Kier alpha value is -1.66. The molecule has 0 saturated heterocycles. The second kappa shape index (κ2) is 4.68. The van der Waals surface area contributed by atoms with Crippen LogP contribution in [0.15, 0.2) is 0 Å². The minimum atomic E-state index is -2.26. The van der Waals surface area contributed by atoms with Crippen molar-refractivity contribution < 1.29 is 31.9 Å². The molecule has 0 unspecified atom stereocenters. The first kappa shape index (κ1) is 13.4. The highest BCUT2D eigenvalue weighted by atomic mass is 19.2. The number of aliphatic carboxylic acids is 1. The number of carboxylic acids is 1. The molecule has 0 heterocycles. The first-order valence-corrected chi connectivity index (χ1v) is 4.50. The van der Waals surface area contributed by atoms with Gasteiger partial charge in [-0.2, -0.15) is 0 Å². The average Bonchev–Trinajstić information content (AvgIpc) is 2.23. The fourth-order valence-corrected chi connectivity index (χ4v) is 1.42. The standard InChI is InChI=1S/C10H7F5O2/c1-3(2-4(16)17)5-6(11)8(13)10(15)9(14)7(5)12/h3H,2H2,1H3,(H,16,17)/t3-/m0/s1. The van der Waals surface area contributed by atoms with Crippen LogP contribution in [0.4, 0.5) is 22.0 Å². The normalized spacial score (nSPS) is 12.6. The molecule has 0 saturated carbocycles. The van der Waals surface area contributed by atoms with E-state index in [-0.39, 0.29) is 0 Å². The van der Waals surface area contributed by atoms with E-state index in [1.165, 1.54) is 0 Å². The SMILES string of the molecule is C[C@@H](CC(=O)O)c1c(F)c(F)c(F)c(F)c1F. The number of halogens is 5. The Balaban J connectivity index is 3.38. The van der Waals surface area contributed by atoms with Gasteiger partial charge in [0.2, 0.25) is 5.82 Å². The molecular formula is C10H7F5O2. The number of carboxylic acid groups (broad SMARTS) is 1. The summed E-state index contributed by atoms with van der Waals surface area (Å²) in [7, 11) is 0. The quantitative estimate of drug-likeness (QED) is 0.511. The van der Waals surface area contributed by atoms with Crippen molar-refractivity contribution in [2.75, 3.05) is 0 Å². The third-order valence-electron chi connectivity index (χ3n) is 2.22. The number of hydrogen-bond donors (Lipinski definition) is 1. The van der Waals surface area contributed by atoms with E-state index >= 15 is 0 Å². The average molecular weight is 254 g/mol. The number of benzene rings is 1. The zero-order valence-corrected chi connectivity index (χ0v) is 8.53. The highest BCUT2D eigenvalue weighted by molar-refractivity contribution is 5.68. The summed E-state index contributed by atoms with van der Waals surface area (Å²) in [5, 5.41) is 8.41. The van der Waals surface area contributed by atoms with Gasteiger partial charge in [0.15, 0.2) is 23.3 Å². The van der Waals surface area contributed by atoms with E-state index in [9.17, 15) is 26.7 Å². The maximum Gasteiger partial charge on any atom is 0.303 e. The Bertz CT molecular complexity index is 443. The zero-order valence-electron chi connectivity index (χ0n) is 8.53. The highest BCUT2D eigenvalue weighted by Crippen LogP contribution is 2.30. The molecule has 1 aromatic rings. The van der Waals surface area contributed by atoms with Crippen molar-refractivity contribution in [1.29, 1.82) is 0 Å². The van der Waals surface area contributed by atoms with Gasteiger partial charge in [0.05, 0.1) is 6.42 Å². The van der Waals surface area contributed by atoms with Crippen LogP contribution >= 0.6 is 0 Å². The third kappa shape index (κ3) is 2.37. The van der Waals surface area contributed by atoms with Gasteiger partial charge in [-0.3, -0.25) is 4.79 Å². The first-order valence-electron chi connectivity index (χ1n) is 4.50. The summed E-state index contributed by atoms with van der Waals surface area (Å²) in [6, 6.07) is 0. The van der Waals surface area contributed by atoms with Crippen molar-refractivity contribution in [2.24, 2.45) is 0 Å². The topological polar surface area (TPSA) is 37.3 Å². The van der Waals surface area contributed by atoms with Gasteiger partial charge in [0, 0.05) is 5.56 Å². The molecule has 0 aromatic heterocycles. The summed E-state index contributed by atoms with van der Waals surface area (Å²) in [5.41, 5.74) is -1.11. The van der Waals surface area contributed by atoms with Crippen LogP contribution in [-0.4, -0.2) is 11.1 Å². The van der Waals surface area contributed by atoms with E-state index in [0.717, 1.165) is 6.92 Å². The van der Waals surface area contributed by atoms with E-state index in [1.807, 2.05) is 0 Å². The maximum atomic E-state index is 13.2. The molecule has 17 heavy (non-hydrogen) atoms. The van der Waals surface area contributed by atoms with Crippen LogP contribution in [0.3, 0.4) is 0 Å². The lowest BCUT2D eigenvalue weighted by molar-refractivity contribution is -0.137. The van der Waals surface area contributed by atoms with Crippen LogP contribution < -0.4 is 0 Å². The van der Waals surface area contributed by atoms with E-state index in [1.54, 1.807) is 0 Å². The molecule has 0 bridgehead atoms. The van der Waals surface area contributed by atoms with Gasteiger partial charge in [-0.1, -0.05) is 6.92 Å². The van der Waals surface area contributed by atoms with Gasteiger partial charge in [0.25, 0.3) is 0 Å². The van der Waals surface area contributed by atoms with Crippen LogP contribution in [0.5, 0.6) is 0 Å². The maximum absolute atomic E-state index is 13.2. The summed E-state index contributed by atoms with van der Waals surface area (Å²) in [6.45, 7) is 1.06. The molecule has 1 N–H and O–H groups in total. The van der Waals surface area contributed by atoms with E-state index < -0.39 is 53.0 Å². The molecule has 0 spiro atoms. The summed E-state index contributed by atoms with van der Waals surface area (Å²) >= 11 is 0. The zero-order chi connectivity index (χ0) is 13.3. The predicted molar refractivity (Wildman–Crippen MR) is 46.9 cm³/mol. The molecule has 7 heteroatoms. The molecule has 94 valence electrons. The lowest BCUT2D eigenvalue weighted by Gasteiger charge is -2.13. The lowest BCUT2D eigenvalue weighted by Crippen LogP contribution is -2.12. The minimum Gasteiger partial charge on any atom is -0.481 e. The molecular weight excluding hydrogens is 247 g/mol. The first-order chi connectivity index (χ1) is 7.77. The van der Waals surface area contributed by atoms with Crippen LogP contribution in [0.2, 0.25) is 0 Å². The van der Waals surface area contributed by atoms with Gasteiger partial charge in [-0.15, -0.1) is 0 Å². The Morgan fingerprint density at radius 2 is 1.35 bits per heavy atom. The summed E-state index contributed by atoms with van der Waals surface area (Å²) in [5.74, 6) is -13.1. The molecule has 0 aliphatic rings. The van der Waals surface area contributed by atoms with Crippen molar-refractivity contribution >= 4 is 5.97 Å². The van der Waals surface area contributed by atoms with Gasteiger partial charge in [-0.05, 0) is 5.92 Å². The molecule has 0 aliphatic heterocycles. The van der Waals surface area contributed by atoms with Crippen LogP contribution in [0.25, 0.3) is 0 Å². The Morgan fingerprint density at radius 1 is 1.00 bits per heavy atom. The predicted octanol–water partition coefficient (Wildman–Crippen LogP) is 2.96. The van der Waals surface area contributed by atoms with Crippen molar-refractivity contribution in [3.63, 3.8) is 0 Å². The molecule has 0 radical (unpaired) electrons. The lowest BCUT2D eigenvalue weighted by atomic mass is 9.96. The fraction of sp³-hybridized carbons (Fsp3) is 0.300. The molecule has 0 aliphatic carbocycles. The Labute approximate surface area is 92.7 Å². The van der Waals surface area contributed by atoms with Crippen molar-refractivity contribution in [1.82, 2.24) is 0 Å². The van der Waals surface area contributed by atoms with Crippen LogP contribution in [0, 0.1) is 29.1 Å². The van der Waals surface area contributed by atoms with Crippen LogP contribution in [0.1, 0.15) is 24.8 Å². The second-order valence-electron chi connectivity index (χ2n) is 3.48. The van der Waals surface area contributed by atoms with Crippen molar-refractivity contribution in [3.8, 4) is 0 Å². The minimum absolute atomic E-state index is 0.738. The fourth-order valence-electron chi connectivity index (χ4n) is 1.42. The van der Waals surface area contributed by atoms with Gasteiger partial charge in [-0.25, -0.2) is 22.0 Å². The summed E-state index contributed by atoms with van der Waals surface area (Å²) in [4.78, 5) is 10.3.